The van der Waals surface area contributed by atoms with Crippen LogP contribution in [0.5, 0.6) is 0 Å². The third-order valence-corrected chi connectivity index (χ3v) is 10.8. The first-order chi connectivity index (χ1) is 26.0. The van der Waals surface area contributed by atoms with Gasteiger partial charge in [0.05, 0.1) is 24.1 Å². The summed E-state index contributed by atoms with van der Waals surface area (Å²) in [7, 11) is -2.99. The Labute approximate surface area is 320 Å². The molecular formula is C36H51N6O12P. The van der Waals surface area contributed by atoms with E-state index in [1.54, 1.807) is 59.1 Å². The van der Waals surface area contributed by atoms with E-state index in [1.165, 1.54) is 24.8 Å². The molecule has 2 aliphatic rings. The highest BCUT2D eigenvalue weighted by atomic mass is 31.2. The minimum atomic E-state index is -4.61. The zero-order chi connectivity index (χ0) is 40.4. The van der Waals surface area contributed by atoms with Crippen LogP contribution in [0.2, 0.25) is 0 Å². The molecule has 1 aromatic heterocycles. The number of amides is 3. The number of carbonyl (C=O) groups is 5. The third-order valence-electron chi connectivity index (χ3n) is 8.78. The zero-order valence-electron chi connectivity index (χ0n) is 32.2. The third kappa shape index (κ3) is 12.2. The SMILES string of the molecule is CO[C@H]1CCN(c2cc(C(=O)N[C@@H](CP(=O)(OC(C)OC(=O)C(C)C)OC(C)OC(=O)C(C)C)C(=O)N3CCN(C(=O)O)CC3)nc(-c3ccccc3)n2)C1. The number of rotatable bonds is 16. The van der Waals surface area contributed by atoms with Gasteiger partial charge in [-0.15, -0.1) is 0 Å². The lowest BCUT2D eigenvalue weighted by Crippen LogP contribution is -2.56. The Morgan fingerprint density at radius 3 is 1.93 bits per heavy atom. The number of nitrogens with zero attached hydrogens (tertiary/aromatic N) is 5. The van der Waals surface area contributed by atoms with Crippen molar-refractivity contribution in [3.05, 3.63) is 42.1 Å². The second-order valence-electron chi connectivity index (χ2n) is 13.8. The van der Waals surface area contributed by atoms with Gasteiger partial charge in [-0.2, -0.15) is 0 Å². The molecular weight excluding hydrogens is 739 g/mol. The molecule has 19 heteroatoms. The van der Waals surface area contributed by atoms with Crippen LogP contribution in [0.3, 0.4) is 0 Å². The number of ether oxygens (including phenoxy) is 3. The Morgan fingerprint density at radius 1 is 0.855 bits per heavy atom. The van der Waals surface area contributed by atoms with E-state index in [-0.39, 0.29) is 43.8 Å². The lowest BCUT2D eigenvalue weighted by Gasteiger charge is -2.36. The standard InChI is InChI=1S/C36H51N6O12P/c1-22(2)34(45)51-24(5)53-55(49,54-25(6)52-35(46)23(3)4)21-29(33(44)40-15-17-41(18-16-40)36(47)48)38-32(43)28-19-30(42-14-13-27(20-42)50-7)39-31(37-28)26-11-9-8-10-12-26/h8-12,19,22-25,27,29H,13-18,20-21H2,1-7H3,(H,38,43)(H,47,48)/t24?,25?,27-,29-,55?/m0/s1. The van der Waals surface area contributed by atoms with Crippen molar-refractivity contribution in [2.75, 3.05) is 57.4 Å². The van der Waals surface area contributed by atoms with Gasteiger partial charge in [-0.3, -0.25) is 32.8 Å². The summed E-state index contributed by atoms with van der Waals surface area (Å²) < 4.78 is 42.2. The summed E-state index contributed by atoms with van der Waals surface area (Å²) in [4.78, 5) is 78.5. The van der Waals surface area contributed by atoms with Crippen LogP contribution in [-0.2, 0) is 42.2 Å². The molecule has 0 saturated carbocycles. The summed E-state index contributed by atoms with van der Waals surface area (Å²) in [6.07, 6.45) is -4.16. The van der Waals surface area contributed by atoms with Crippen molar-refractivity contribution in [2.24, 2.45) is 11.8 Å². The van der Waals surface area contributed by atoms with Crippen LogP contribution < -0.4 is 10.2 Å². The fraction of sp³-hybridized carbons (Fsp3) is 0.583. The molecule has 2 saturated heterocycles. The molecule has 1 aromatic carbocycles. The molecule has 2 aromatic rings. The van der Waals surface area contributed by atoms with Crippen LogP contribution in [0.15, 0.2) is 36.4 Å². The molecule has 2 unspecified atom stereocenters. The maximum atomic E-state index is 14.6. The predicted molar refractivity (Wildman–Crippen MR) is 198 cm³/mol. The van der Waals surface area contributed by atoms with Gasteiger partial charge in [-0.05, 0) is 20.3 Å². The van der Waals surface area contributed by atoms with Gasteiger partial charge < -0.3 is 39.3 Å². The largest absolute Gasteiger partial charge is 0.465 e. The molecule has 302 valence electrons. The van der Waals surface area contributed by atoms with Crippen LogP contribution >= 0.6 is 7.60 Å². The van der Waals surface area contributed by atoms with Crippen molar-refractivity contribution in [3.63, 3.8) is 0 Å². The second kappa shape index (κ2) is 19.3. The molecule has 2 aliphatic heterocycles. The number of hydrogen-bond acceptors (Lipinski definition) is 14. The molecule has 2 fully saturated rings. The van der Waals surface area contributed by atoms with Crippen LogP contribution in [0.4, 0.5) is 10.6 Å². The van der Waals surface area contributed by atoms with E-state index in [1.807, 2.05) is 11.0 Å². The summed E-state index contributed by atoms with van der Waals surface area (Å²) in [6.45, 7) is 10.0. The van der Waals surface area contributed by atoms with Gasteiger partial charge in [0.25, 0.3) is 5.91 Å². The van der Waals surface area contributed by atoms with Crippen molar-refractivity contribution in [2.45, 2.75) is 72.7 Å². The number of carbonyl (C=O) groups excluding carboxylic acids is 4. The topological polar surface area (TPSA) is 216 Å². The zero-order valence-corrected chi connectivity index (χ0v) is 33.1. The molecule has 4 atom stereocenters. The average molecular weight is 791 g/mol. The highest BCUT2D eigenvalue weighted by Gasteiger charge is 2.41. The van der Waals surface area contributed by atoms with Crippen LogP contribution in [-0.4, -0.2) is 132 Å². The Bertz CT molecular complexity index is 1690. The number of hydrogen-bond donors (Lipinski definition) is 2. The van der Waals surface area contributed by atoms with Crippen LogP contribution in [0.1, 0.15) is 58.5 Å². The molecule has 2 N–H and O–H groups in total. The second-order valence-corrected chi connectivity index (χ2v) is 15.8. The number of methoxy groups -OCH3 is 1. The number of benzene rings is 1. The number of nitrogens with one attached hydrogen (secondary N) is 1. The minimum absolute atomic E-state index is 0.00914. The van der Waals surface area contributed by atoms with Crippen molar-refractivity contribution in [1.29, 1.82) is 0 Å². The van der Waals surface area contributed by atoms with E-state index in [0.29, 0.717) is 24.5 Å². The highest BCUT2D eigenvalue weighted by molar-refractivity contribution is 7.54. The maximum Gasteiger partial charge on any atom is 0.407 e. The molecule has 55 heavy (non-hydrogen) atoms. The molecule has 0 bridgehead atoms. The van der Waals surface area contributed by atoms with E-state index >= 15 is 0 Å². The van der Waals surface area contributed by atoms with Gasteiger partial charge >= 0.3 is 25.6 Å². The molecule has 0 spiro atoms. The summed E-state index contributed by atoms with van der Waals surface area (Å²) in [5.41, 5.74) is 0.527. The molecule has 4 rings (SSSR count). The van der Waals surface area contributed by atoms with E-state index < -0.39 is 74.1 Å². The Kier molecular flexibility index (Phi) is 15.1. The number of piperazine rings is 1. The first-order valence-corrected chi connectivity index (χ1v) is 19.9. The van der Waals surface area contributed by atoms with Gasteiger partial charge in [0, 0.05) is 58.0 Å². The van der Waals surface area contributed by atoms with Crippen molar-refractivity contribution < 1.29 is 56.9 Å². The minimum Gasteiger partial charge on any atom is -0.465 e. The average Bonchev–Trinajstić information content (AvgIpc) is 3.63. The van der Waals surface area contributed by atoms with E-state index in [9.17, 15) is 33.6 Å². The Hall–Kier alpha value is -4.64. The fourth-order valence-electron chi connectivity index (χ4n) is 5.74. The van der Waals surface area contributed by atoms with Crippen LogP contribution in [0.25, 0.3) is 11.4 Å². The molecule has 3 amide bonds. The maximum absolute atomic E-state index is 14.6. The number of aromatic nitrogens is 2. The van der Waals surface area contributed by atoms with Gasteiger partial charge in [0.15, 0.2) is 5.82 Å². The monoisotopic (exact) mass is 790 g/mol. The van der Waals surface area contributed by atoms with Gasteiger partial charge in [-0.25, -0.2) is 14.8 Å². The smallest absolute Gasteiger partial charge is 0.407 e. The number of carboxylic acid groups (broad SMARTS) is 1. The molecule has 0 radical (unpaired) electrons. The molecule has 3 heterocycles. The highest BCUT2D eigenvalue weighted by Crippen LogP contribution is 2.51. The summed E-state index contributed by atoms with van der Waals surface area (Å²) >= 11 is 0. The predicted octanol–water partition coefficient (Wildman–Crippen LogP) is 3.61. The van der Waals surface area contributed by atoms with Crippen molar-refractivity contribution >= 4 is 43.3 Å². The van der Waals surface area contributed by atoms with E-state index in [2.05, 4.69) is 10.3 Å². The van der Waals surface area contributed by atoms with Crippen LogP contribution in [0, 0.1) is 11.8 Å². The van der Waals surface area contributed by atoms with Crippen molar-refractivity contribution in [3.8, 4) is 11.4 Å². The number of esters is 2. The van der Waals surface area contributed by atoms with Gasteiger partial charge in [-0.1, -0.05) is 58.0 Å². The van der Waals surface area contributed by atoms with Gasteiger partial charge in [0.2, 0.25) is 18.5 Å². The summed E-state index contributed by atoms with van der Waals surface area (Å²) in [5.74, 6) is -3.30. The molecule has 0 aliphatic carbocycles. The Balaban J connectivity index is 1.72. The van der Waals surface area contributed by atoms with E-state index in [0.717, 1.165) is 11.3 Å². The van der Waals surface area contributed by atoms with Gasteiger partial charge in [0.1, 0.15) is 17.6 Å². The van der Waals surface area contributed by atoms with Crippen molar-refractivity contribution in [1.82, 2.24) is 25.1 Å². The van der Waals surface area contributed by atoms with E-state index in [4.69, 9.17) is 28.2 Å². The normalized spacial score (nSPS) is 18.7. The first-order valence-electron chi connectivity index (χ1n) is 18.1. The summed E-state index contributed by atoms with van der Waals surface area (Å²) in [6, 6.07) is 8.89. The molecule has 18 nitrogen and oxygen atoms in total. The lowest BCUT2D eigenvalue weighted by atomic mass is 10.2. The first kappa shape index (κ1) is 43.1. The fourth-order valence-corrected chi connectivity index (χ4v) is 7.65. The lowest BCUT2D eigenvalue weighted by molar-refractivity contribution is -0.171. The quantitative estimate of drug-likeness (QED) is 0.141. The number of anilines is 1. The summed E-state index contributed by atoms with van der Waals surface area (Å²) in [5, 5.41) is 12.1. The Morgan fingerprint density at radius 2 is 1.42 bits per heavy atom.